The predicted molar refractivity (Wildman–Crippen MR) is 52.4 cm³/mol. The molecule has 0 aliphatic carbocycles. The van der Waals surface area contributed by atoms with E-state index in [0.717, 1.165) is 16.7 Å². The van der Waals surface area contributed by atoms with E-state index in [4.69, 9.17) is 7.85 Å². The van der Waals surface area contributed by atoms with Gasteiger partial charge >= 0.3 is 0 Å². The van der Waals surface area contributed by atoms with Gasteiger partial charge in [-0.25, -0.2) is 0 Å². The lowest BCUT2D eigenvalue weighted by Crippen LogP contribution is -2.12. The summed E-state index contributed by atoms with van der Waals surface area (Å²) in [5.41, 5.74) is 4.67. The molecular formula is C10H13BO. The Bertz CT molecular complexity index is 224. The molecule has 0 amide bonds. The first-order chi connectivity index (χ1) is 5.46. The molecular weight excluding hydrogens is 147 g/mol. The number of hydrogen-bond acceptors (Lipinski definition) is 1. The minimum absolute atomic E-state index is 0.232. The summed E-state index contributed by atoms with van der Waals surface area (Å²) in [6, 6.07) is 0. The lowest BCUT2D eigenvalue weighted by atomic mass is 9.83. The van der Waals surface area contributed by atoms with Gasteiger partial charge in [0.2, 0.25) is 0 Å². The van der Waals surface area contributed by atoms with Crippen molar-refractivity contribution in [2.24, 2.45) is 0 Å². The lowest BCUT2D eigenvalue weighted by molar-refractivity contribution is 0.474. The van der Waals surface area contributed by atoms with E-state index in [9.17, 15) is 5.11 Å². The fraction of sp³-hybridized carbons (Fsp3) is 0.400. The molecule has 1 N–H and O–H groups in total. The molecule has 0 aromatic heterocycles. The van der Waals surface area contributed by atoms with Crippen LogP contribution < -0.4 is 5.46 Å². The molecule has 0 spiro atoms. The second kappa shape index (κ2) is 2.85. The third-order valence-electron chi connectivity index (χ3n) is 2.70. The van der Waals surface area contributed by atoms with Gasteiger partial charge < -0.3 is 5.11 Å². The number of benzene rings is 1. The van der Waals surface area contributed by atoms with Crippen LogP contribution in [0.1, 0.15) is 22.3 Å². The highest BCUT2D eigenvalue weighted by Gasteiger charge is 2.09. The Hall–Kier alpha value is -0.915. The summed E-state index contributed by atoms with van der Waals surface area (Å²) in [6.45, 7) is 7.83. The molecule has 2 heteroatoms. The third kappa shape index (κ3) is 1.11. The Balaban J connectivity index is 3.60. The van der Waals surface area contributed by atoms with Gasteiger partial charge in [-0.3, -0.25) is 0 Å². The van der Waals surface area contributed by atoms with E-state index in [2.05, 4.69) is 0 Å². The maximum Gasteiger partial charge on any atom is 0.119 e. The molecule has 0 unspecified atom stereocenters. The molecule has 62 valence electrons. The average Bonchev–Trinajstić information content (AvgIpc) is 2.08. The highest BCUT2D eigenvalue weighted by molar-refractivity contribution is 6.35. The van der Waals surface area contributed by atoms with E-state index in [0.29, 0.717) is 5.46 Å². The first-order valence-corrected chi connectivity index (χ1v) is 4.01. The molecule has 1 rings (SSSR count). The first kappa shape index (κ1) is 9.18. The van der Waals surface area contributed by atoms with Gasteiger partial charge in [0.25, 0.3) is 0 Å². The van der Waals surface area contributed by atoms with Crippen LogP contribution in [0.25, 0.3) is 0 Å². The van der Waals surface area contributed by atoms with Crippen molar-refractivity contribution in [3.8, 4) is 5.75 Å². The maximum atomic E-state index is 9.57. The molecule has 0 atom stereocenters. The zero-order valence-electron chi connectivity index (χ0n) is 8.02. The zero-order chi connectivity index (χ0) is 9.46. The van der Waals surface area contributed by atoms with Crippen molar-refractivity contribution >= 4 is 13.3 Å². The van der Waals surface area contributed by atoms with Crippen molar-refractivity contribution < 1.29 is 5.11 Å². The first-order valence-electron chi connectivity index (χ1n) is 4.01. The molecule has 0 heterocycles. The van der Waals surface area contributed by atoms with Gasteiger partial charge in [-0.15, -0.1) is 0 Å². The number of phenolic OH excluding ortho intramolecular Hbond substituents is 1. The summed E-state index contributed by atoms with van der Waals surface area (Å²) in [7, 11) is 5.70. The van der Waals surface area contributed by atoms with Crippen LogP contribution in [0.3, 0.4) is 0 Å². The summed E-state index contributed by atoms with van der Waals surface area (Å²) in [5.74, 6) is 0.232. The Labute approximate surface area is 74.8 Å². The largest absolute Gasteiger partial charge is 0.508 e. The predicted octanol–water partition coefficient (Wildman–Crippen LogP) is 1.42. The summed E-state index contributed by atoms with van der Waals surface area (Å²) < 4.78 is 0. The zero-order valence-corrected chi connectivity index (χ0v) is 8.02. The van der Waals surface area contributed by atoms with Crippen LogP contribution in [0, 0.1) is 27.7 Å². The van der Waals surface area contributed by atoms with Gasteiger partial charge in [-0.2, -0.15) is 0 Å². The molecule has 1 aromatic rings. The van der Waals surface area contributed by atoms with Crippen LogP contribution in [0.5, 0.6) is 5.75 Å². The van der Waals surface area contributed by atoms with Crippen LogP contribution >= 0.6 is 0 Å². The van der Waals surface area contributed by atoms with Crippen molar-refractivity contribution in [1.29, 1.82) is 0 Å². The average molecular weight is 160 g/mol. The smallest absolute Gasteiger partial charge is 0.119 e. The van der Waals surface area contributed by atoms with E-state index >= 15 is 0 Å². The summed E-state index contributed by atoms with van der Waals surface area (Å²) in [5, 5.41) is 9.57. The maximum absolute atomic E-state index is 9.57. The van der Waals surface area contributed by atoms with Crippen LogP contribution in [0.4, 0.5) is 0 Å². The number of rotatable bonds is 0. The van der Waals surface area contributed by atoms with Crippen LogP contribution in [0.2, 0.25) is 0 Å². The van der Waals surface area contributed by atoms with Gasteiger partial charge in [0, 0.05) is 0 Å². The van der Waals surface area contributed by atoms with Crippen molar-refractivity contribution in [3.63, 3.8) is 0 Å². The molecule has 1 aromatic carbocycles. The van der Waals surface area contributed by atoms with Crippen LogP contribution in [-0.2, 0) is 0 Å². The Morgan fingerprint density at radius 1 is 0.833 bits per heavy atom. The molecule has 12 heavy (non-hydrogen) atoms. The van der Waals surface area contributed by atoms with Gasteiger partial charge in [0.1, 0.15) is 13.6 Å². The fourth-order valence-electron chi connectivity index (χ4n) is 1.32. The Kier molecular flexibility index (Phi) is 2.18. The Morgan fingerprint density at radius 2 is 1.25 bits per heavy atom. The molecule has 0 saturated heterocycles. The van der Waals surface area contributed by atoms with Crippen molar-refractivity contribution in [3.05, 3.63) is 22.3 Å². The van der Waals surface area contributed by atoms with Crippen molar-refractivity contribution in [1.82, 2.24) is 0 Å². The second-order valence-electron chi connectivity index (χ2n) is 3.26. The number of aromatic hydroxyl groups is 1. The van der Waals surface area contributed by atoms with E-state index in [-0.39, 0.29) is 5.75 Å². The lowest BCUT2D eigenvalue weighted by Gasteiger charge is -2.14. The van der Waals surface area contributed by atoms with Crippen molar-refractivity contribution in [2.75, 3.05) is 0 Å². The number of hydrogen-bond donors (Lipinski definition) is 1. The molecule has 1 nitrogen and oxygen atoms in total. The van der Waals surface area contributed by atoms with Gasteiger partial charge in [-0.05, 0) is 44.4 Å². The molecule has 0 bridgehead atoms. The highest BCUT2D eigenvalue weighted by atomic mass is 16.3. The van der Waals surface area contributed by atoms with Crippen LogP contribution in [0.15, 0.2) is 0 Å². The third-order valence-corrected chi connectivity index (χ3v) is 2.70. The van der Waals surface area contributed by atoms with E-state index < -0.39 is 0 Å². The minimum atomic E-state index is 0.232. The normalized spacial score (nSPS) is 10.3. The van der Waals surface area contributed by atoms with Gasteiger partial charge in [0.15, 0.2) is 0 Å². The van der Waals surface area contributed by atoms with E-state index in [1.165, 1.54) is 5.56 Å². The quantitative estimate of drug-likeness (QED) is 0.569. The Morgan fingerprint density at radius 3 is 1.75 bits per heavy atom. The monoisotopic (exact) mass is 160 g/mol. The molecule has 0 aliphatic heterocycles. The van der Waals surface area contributed by atoms with E-state index in [1.54, 1.807) is 0 Å². The highest BCUT2D eigenvalue weighted by Crippen LogP contribution is 2.22. The fourth-order valence-corrected chi connectivity index (χ4v) is 1.32. The number of phenols is 1. The second-order valence-corrected chi connectivity index (χ2v) is 3.26. The summed E-state index contributed by atoms with van der Waals surface area (Å²) >= 11 is 0. The van der Waals surface area contributed by atoms with E-state index in [1.807, 2.05) is 27.7 Å². The topological polar surface area (TPSA) is 20.2 Å². The van der Waals surface area contributed by atoms with Gasteiger partial charge in [-0.1, -0.05) is 11.0 Å². The molecule has 0 saturated carbocycles. The van der Waals surface area contributed by atoms with Crippen LogP contribution in [-0.4, -0.2) is 13.0 Å². The van der Waals surface area contributed by atoms with Gasteiger partial charge in [0.05, 0.1) is 0 Å². The molecule has 0 fully saturated rings. The standard InChI is InChI=1S/C10H13BO/c1-5-6(2)8(4)10(12)9(11)7(5)3/h12H,1-4H3. The minimum Gasteiger partial charge on any atom is -0.508 e. The summed E-state index contributed by atoms with van der Waals surface area (Å²) in [4.78, 5) is 0. The van der Waals surface area contributed by atoms with Crippen molar-refractivity contribution in [2.45, 2.75) is 27.7 Å². The SMILES string of the molecule is [B]c1c(C)c(C)c(C)c(C)c1O. The summed E-state index contributed by atoms with van der Waals surface area (Å²) in [6.07, 6.45) is 0. The molecule has 0 aliphatic rings. The molecule has 2 radical (unpaired) electrons.